The minimum absolute atomic E-state index is 0.189. The first-order valence-corrected chi connectivity index (χ1v) is 3.00. The van der Waals surface area contributed by atoms with Crippen LogP contribution in [0.2, 0.25) is 0 Å². The molecule has 0 bridgehead atoms. The fraction of sp³-hybridized carbons (Fsp3) is 1.00. The highest BCUT2D eigenvalue weighted by Crippen LogP contribution is 2.21. The van der Waals surface area contributed by atoms with Gasteiger partial charge in [-0.3, -0.25) is 4.57 Å². The lowest BCUT2D eigenvalue weighted by Gasteiger charge is -2.08. The second kappa shape index (κ2) is 2.39. The maximum absolute atomic E-state index is 9.90. The Morgan fingerprint density at radius 3 is 2.29 bits per heavy atom. The molecule has 0 aromatic rings. The molecular weight excluding hydrogens is 111 g/mol. The molecule has 1 N–H and O–H groups in total. The Morgan fingerprint density at radius 1 is 1.86 bits per heavy atom. The van der Waals surface area contributed by atoms with E-state index in [0.717, 1.165) is 0 Å². The third-order valence-corrected chi connectivity index (χ3v) is 1.58. The average Bonchev–Trinajstić information content (AvgIpc) is 1.68. The highest BCUT2D eigenvalue weighted by atomic mass is 31.1. The van der Waals surface area contributed by atoms with E-state index in [1.165, 1.54) is 6.92 Å². The SMILES string of the molecule is CCC(C)(O)P=O. The van der Waals surface area contributed by atoms with Crippen molar-refractivity contribution < 1.29 is 9.67 Å². The first-order chi connectivity index (χ1) is 3.12. The minimum atomic E-state index is -1.00. The van der Waals surface area contributed by atoms with E-state index in [-0.39, 0.29) is 8.46 Å². The summed E-state index contributed by atoms with van der Waals surface area (Å²) in [5.74, 6) is 0. The van der Waals surface area contributed by atoms with Gasteiger partial charge in [0.05, 0.1) is 0 Å². The molecule has 3 heteroatoms. The first-order valence-electron chi connectivity index (χ1n) is 2.19. The Labute approximate surface area is 44.7 Å². The van der Waals surface area contributed by atoms with E-state index in [1.54, 1.807) is 6.92 Å². The van der Waals surface area contributed by atoms with Crippen molar-refractivity contribution in [3.8, 4) is 0 Å². The summed E-state index contributed by atoms with van der Waals surface area (Å²) in [6.07, 6.45) is 0.526. The maximum atomic E-state index is 9.90. The van der Waals surface area contributed by atoms with Crippen molar-refractivity contribution in [2.75, 3.05) is 0 Å². The number of rotatable bonds is 2. The van der Waals surface area contributed by atoms with Crippen molar-refractivity contribution >= 4 is 8.46 Å². The molecule has 0 saturated heterocycles. The van der Waals surface area contributed by atoms with Crippen molar-refractivity contribution in [2.45, 2.75) is 25.6 Å². The van der Waals surface area contributed by atoms with Gasteiger partial charge in [0, 0.05) is 0 Å². The van der Waals surface area contributed by atoms with Crippen LogP contribution in [0.5, 0.6) is 0 Å². The number of hydrogen-bond acceptors (Lipinski definition) is 2. The summed E-state index contributed by atoms with van der Waals surface area (Å²) in [6, 6.07) is 0. The molecular formula is C4H9O2P. The quantitative estimate of drug-likeness (QED) is 0.559. The second-order valence-electron chi connectivity index (χ2n) is 1.66. The van der Waals surface area contributed by atoms with Gasteiger partial charge in [0.1, 0.15) is 5.34 Å². The molecule has 0 aromatic carbocycles. The second-order valence-corrected chi connectivity index (χ2v) is 2.81. The molecule has 0 heterocycles. The van der Waals surface area contributed by atoms with Gasteiger partial charge in [-0.15, -0.1) is 0 Å². The van der Waals surface area contributed by atoms with Crippen LogP contribution >= 0.6 is 8.46 Å². The Bertz CT molecular complexity index is 70.1. The summed E-state index contributed by atoms with van der Waals surface area (Å²) in [6.45, 7) is 3.31. The summed E-state index contributed by atoms with van der Waals surface area (Å²) < 4.78 is 9.90. The van der Waals surface area contributed by atoms with Gasteiger partial charge in [0.15, 0.2) is 8.46 Å². The highest BCUT2D eigenvalue weighted by molar-refractivity contribution is 7.25. The van der Waals surface area contributed by atoms with Crippen LogP contribution in [0.25, 0.3) is 0 Å². The van der Waals surface area contributed by atoms with Crippen molar-refractivity contribution in [1.82, 2.24) is 0 Å². The monoisotopic (exact) mass is 120 g/mol. The molecule has 1 unspecified atom stereocenters. The molecule has 0 aliphatic carbocycles. The fourth-order valence-corrected chi connectivity index (χ4v) is 0.194. The molecule has 0 rings (SSSR count). The number of aliphatic hydroxyl groups is 1. The van der Waals surface area contributed by atoms with E-state index in [9.17, 15) is 4.57 Å². The van der Waals surface area contributed by atoms with Gasteiger partial charge in [0.2, 0.25) is 0 Å². The van der Waals surface area contributed by atoms with Crippen LogP contribution in [0.3, 0.4) is 0 Å². The largest absolute Gasteiger partial charge is 0.378 e. The van der Waals surface area contributed by atoms with Gasteiger partial charge in [-0.2, -0.15) is 0 Å². The summed E-state index contributed by atoms with van der Waals surface area (Å²) in [5.41, 5.74) is 0. The van der Waals surface area contributed by atoms with Gasteiger partial charge < -0.3 is 5.11 Å². The predicted octanol–water partition coefficient (Wildman–Crippen LogP) is 1.40. The van der Waals surface area contributed by atoms with Crippen molar-refractivity contribution in [3.05, 3.63) is 0 Å². The standard InChI is InChI=1S/C4H9O2P/c1-3-4(2,5)7-6/h5H,3H2,1-2H3. The van der Waals surface area contributed by atoms with E-state index >= 15 is 0 Å². The molecule has 0 amide bonds. The number of hydrogen-bond donors (Lipinski definition) is 1. The third-order valence-electron chi connectivity index (χ3n) is 0.866. The van der Waals surface area contributed by atoms with Crippen LogP contribution in [-0.2, 0) is 4.57 Å². The zero-order valence-corrected chi connectivity index (χ0v) is 5.40. The predicted molar refractivity (Wildman–Crippen MR) is 28.5 cm³/mol. The summed E-state index contributed by atoms with van der Waals surface area (Å²) in [7, 11) is -0.189. The molecule has 0 aliphatic rings. The smallest absolute Gasteiger partial charge is 0.190 e. The molecule has 0 radical (unpaired) electrons. The van der Waals surface area contributed by atoms with Gasteiger partial charge in [-0.05, 0) is 13.3 Å². The van der Waals surface area contributed by atoms with Crippen LogP contribution in [0.4, 0.5) is 0 Å². The molecule has 7 heavy (non-hydrogen) atoms. The van der Waals surface area contributed by atoms with Gasteiger partial charge in [0.25, 0.3) is 0 Å². The van der Waals surface area contributed by atoms with E-state index in [0.29, 0.717) is 6.42 Å². The van der Waals surface area contributed by atoms with Crippen LogP contribution in [0, 0.1) is 0 Å². The normalized spacial score (nSPS) is 19.3. The fourth-order valence-electron chi connectivity index (χ4n) is 0.0645. The lowest BCUT2D eigenvalue weighted by Crippen LogP contribution is -2.11. The zero-order chi connectivity index (χ0) is 5.91. The maximum Gasteiger partial charge on any atom is 0.190 e. The molecule has 0 spiro atoms. The van der Waals surface area contributed by atoms with E-state index < -0.39 is 5.34 Å². The Balaban J connectivity index is 3.58. The minimum Gasteiger partial charge on any atom is -0.378 e. The molecule has 0 aromatic heterocycles. The third kappa shape index (κ3) is 2.72. The van der Waals surface area contributed by atoms with Gasteiger partial charge >= 0.3 is 0 Å². The van der Waals surface area contributed by atoms with E-state index in [4.69, 9.17) is 5.11 Å². The van der Waals surface area contributed by atoms with Crippen molar-refractivity contribution in [3.63, 3.8) is 0 Å². The summed E-state index contributed by atoms with van der Waals surface area (Å²) >= 11 is 0. The molecule has 42 valence electrons. The molecule has 2 nitrogen and oxygen atoms in total. The first kappa shape index (κ1) is 7.06. The average molecular weight is 120 g/mol. The summed E-state index contributed by atoms with van der Waals surface area (Å²) in [4.78, 5) is 0. The van der Waals surface area contributed by atoms with Crippen molar-refractivity contribution in [2.24, 2.45) is 0 Å². The Kier molecular flexibility index (Phi) is 2.41. The van der Waals surface area contributed by atoms with Crippen LogP contribution in [0.15, 0.2) is 0 Å². The Hall–Kier alpha value is 0.0600. The molecule has 0 saturated carbocycles. The zero-order valence-electron chi connectivity index (χ0n) is 4.51. The topological polar surface area (TPSA) is 37.3 Å². The van der Waals surface area contributed by atoms with E-state index in [2.05, 4.69) is 0 Å². The van der Waals surface area contributed by atoms with Crippen LogP contribution in [-0.4, -0.2) is 10.4 Å². The lowest BCUT2D eigenvalue weighted by atomic mass is 10.3. The van der Waals surface area contributed by atoms with Crippen molar-refractivity contribution in [1.29, 1.82) is 0 Å². The van der Waals surface area contributed by atoms with Crippen LogP contribution in [0.1, 0.15) is 20.3 Å². The molecule has 1 atom stereocenters. The molecule has 0 fully saturated rings. The Morgan fingerprint density at radius 2 is 2.29 bits per heavy atom. The lowest BCUT2D eigenvalue weighted by molar-refractivity contribution is 0.146. The summed E-state index contributed by atoms with van der Waals surface area (Å²) in [5, 5.41) is 7.81. The van der Waals surface area contributed by atoms with Crippen LogP contribution < -0.4 is 0 Å². The van der Waals surface area contributed by atoms with E-state index in [1.807, 2.05) is 0 Å². The van der Waals surface area contributed by atoms with Gasteiger partial charge in [-0.25, -0.2) is 0 Å². The van der Waals surface area contributed by atoms with Gasteiger partial charge in [-0.1, -0.05) is 6.92 Å². The molecule has 0 aliphatic heterocycles. The highest BCUT2D eigenvalue weighted by Gasteiger charge is 2.15.